The summed E-state index contributed by atoms with van der Waals surface area (Å²) in [6.45, 7) is 3.13. The highest BCUT2D eigenvalue weighted by Crippen LogP contribution is 2.10. The Morgan fingerprint density at radius 3 is 1.47 bits per heavy atom. The van der Waals surface area contributed by atoms with E-state index in [2.05, 4.69) is 6.92 Å². The molecule has 0 aromatic carbocycles. The van der Waals surface area contributed by atoms with E-state index in [1.165, 1.54) is 63.0 Å². The summed E-state index contributed by atoms with van der Waals surface area (Å²) in [7, 11) is 3.28. The maximum Gasteiger partial charge on any atom is 0.0601 e. The smallest absolute Gasteiger partial charge is 0.0601 e. The zero-order valence-electron chi connectivity index (χ0n) is 12.0. The first-order valence-electron chi connectivity index (χ1n) is 7.20. The monoisotopic (exact) mass is 245 g/mol. The summed E-state index contributed by atoms with van der Waals surface area (Å²) in [4.78, 5) is 9.99. The maximum atomic E-state index is 4.99. The van der Waals surface area contributed by atoms with Gasteiger partial charge in [-0.05, 0) is 6.42 Å². The van der Waals surface area contributed by atoms with E-state index in [0.717, 1.165) is 13.0 Å². The van der Waals surface area contributed by atoms with Crippen molar-refractivity contribution in [3.8, 4) is 0 Å². The van der Waals surface area contributed by atoms with E-state index in [-0.39, 0.29) is 0 Å². The fourth-order valence-electron chi connectivity index (χ4n) is 1.99. The van der Waals surface area contributed by atoms with Crippen molar-refractivity contribution in [1.29, 1.82) is 0 Å². The maximum absolute atomic E-state index is 4.99. The van der Waals surface area contributed by atoms with E-state index < -0.39 is 0 Å². The van der Waals surface area contributed by atoms with Crippen LogP contribution in [0.4, 0.5) is 0 Å². The van der Waals surface area contributed by atoms with Crippen LogP contribution in [0.3, 0.4) is 0 Å². The molecule has 3 nitrogen and oxygen atoms in total. The lowest BCUT2D eigenvalue weighted by molar-refractivity contribution is -0.342. The fourth-order valence-corrected chi connectivity index (χ4v) is 1.99. The first-order chi connectivity index (χ1) is 8.35. The van der Waals surface area contributed by atoms with Crippen molar-refractivity contribution < 1.29 is 9.68 Å². The van der Waals surface area contributed by atoms with Gasteiger partial charge in [-0.25, -0.2) is 0 Å². The minimum atomic E-state index is 0.865. The molecule has 0 aromatic heterocycles. The normalized spacial score (nSPS) is 11.3. The van der Waals surface area contributed by atoms with Gasteiger partial charge >= 0.3 is 0 Å². The van der Waals surface area contributed by atoms with Crippen LogP contribution in [-0.4, -0.2) is 26.0 Å². The summed E-state index contributed by atoms with van der Waals surface area (Å²) in [5.74, 6) is 0. The van der Waals surface area contributed by atoms with Gasteiger partial charge in [0.1, 0.15) is 0 Å². The van der Waals surface area contributed by atoms with Crippen molar-refractivity contribution >= 4 is 0 Å². The van der Waals surface area contributed by atoms with Crippen LogP contribution in [0.15, 0.2) is 0 Å². The molecule has 0 atom stereocenters. The summed E-state index contributed by atoms with van der Waals surface area (Å²) in [6.07, 6.45) is 13.6. The van der Waals surface area contributed by atoms with Crippen molar-refractivity contribution in [1.82, 2.24) is 5.23 Å². The second-order valence-corrected chi connectivity index (χ2v) is 4.60. The third kappa shape index (κ3) is 12.1. The quantitative estimate of drug-likeness (QED) is 0.356. The van der Waals surface area contributed by atoms with E-state index in [0.29, 0.717) is 0 Å². The Balaban J connectivity index is 3.03. The highest BCUT2D eigenvalue weighted by Gasteiger charge is 1.99. The van der Waals surface area contributed by atoms with Gasteiger partial charge in [0.15, 0.2) is 0 Å². The Morgan fingerprint density at radius 2 is 1.06 bits per heavy atom. The molecule has 0 aromatic rings. The predicted octanol–water partition coefficient (Wildman–Crippen LogP) is 4.33. The van der Waals surface area contributed by atoms with E-state index in [4.69, 9.17) is 9.68 Å². The third-order valence-electron chi connectivity index (χ3n) is 3.10. The molecule has 0 radical (unpaired) electrons. The molecule has 0 rings (SSSR count). The second-order valence-electron chi connectivity index (χ2n) is 4.60. The summed E-state index contributed by atoms with van der Waals surface area (Å²) in [6, 6.07) is 0. The second kappa shape index (κ2) is 13.9. The Kier molecular flexibility index (Phi) is 13.8. The van der Waals surface area contributed by atoms with Gasteiger partial charge < -0.3 is 0 Å². The van der Waals surface area contributed by atoms with Crippen LogP contribution in [0.2, 0.25) is 0 Å². The molecule has 0 N–H and O–H groups in total. The summed E-state index contributed by atoms with van der Waals surface area (Å²) in [5.41, 5.74) is 0. The van der Waals surface area contributed by atoms with Gasteiger partial charge in [-0.15, -0.1) is 0 Å². The Hall–Kier alpha value is -0.120. The summed E-state index contributed by atoms with van der Waals surface area (Å²) >= 11 is 0. The molecule has 0 saturated heterocycles. The zero-order chi connectivity index (χ0) is 12.8. The minimum absolute atomic E-state index is 0.865. The molecule has 0 unspecified atom stereocenters. The van der Waals surface area contributed by atoms with Crippen LogP contribution in [0.25, 0.3) is 0 Å². The Labute approximate surface area is 107 Å². The molecule has 0 saturated carbocycles. The molecule has 0 bridgehead atoms. The van der Waals surface area contributed by atoms with Crippen LogP contribution in [0, 0.1) is 0 Å². The third-order valence-corrected chi connectivity index (χ3v) is 3.10. The van der Waals surface area contributed by atoms with Crippen LogP contribution < -0.4 is 0 Å². The highest BCUT2D eigenvalue weighted by atomic mass is 16.9. The standard InChI is InChI=1S/C14H31NO2/c1-4-5-6-7-8-9-10-11-12-13-14-15(16-2)17-3/h4-14H2,1-3H3. The number of hydrogen-bond acceptors (Lipinski definition) is 3. The number of rotatable bonds is 13. The molecular weight excluding hydrogens is 214 g/mol. The first-order valence-corrected chi connectivity index (χ1v) is 7.20. The average molecular weight is 245 g/mol. The molecular formula is C14H31NO2. The van der Waals surface area contributed by atoms with E-state index in [1.807, 2.05) is 0 Å². The van der Waals surface area contributed by atoms with Crippen molar-refractivity contribution in [3.63, 3.8) is 0 Å². The van der Waals surface area contributed by atoms with Gasteiger partial charge in [-0.1, -0.05) is 69.9 Å². The van der Waals surface area contributed by atoms with Crippen molar-refractivity contribution in [2.45, 2.75) is 71.1 Å². The van der Waals surface area contributed by atoms with Crippen molar-refractivity contribution in [2.75, 3.05) is 20.8 Å². The number of unbranched alkanes of at least 4 members (excludes halogenated alkanes) is 9. The van der Waals surface area contributed by atoms with E-state index in [1.54, 1.807) is 14.2 Å². The Bertz CT molecular complexity index is 138. The van der Waals surface area contributed by atoms with Crippen molar-refractivity contribution in [3.05, 3.63) is 0 Å². The van der Waals surface area contributed by atoms with Gasteiger partial charge in [0, 0.05) is 0 Å². The van der Waals surface area contributed by atoms with Crippen LogP contribution in [0.1, 0.15) is 71.1 Å². The molecule has 0 heterocycles. The number of hydrogen-bond donors (Lipinski definition) is 0. The lowest BCUT2D eigenvalue weighted by Crippen LogP contribution is -2.21. The van der Waals surface area contributed by atoms with Crippen LogP contribution in [0.5, 0.6) is 0 Å². The van der Waals surface area contributed by atoms with Crippen LogP contribution in [-0.2, 0) is 9.68 Å². The minimum Gasteiger partial charge on any atom is -0.278 e. The molecule has 0 aliphatic heterocycles. The van der Waals surface area contributed by atoms with Gasteiger partial charge in [0.2, 0.25) is 0 Å². The summed E-state index contributed by atoms with van der Waals surface area (Å²) in [5, 5.41) is 1.53. The average Bonchev–Trinajstić information content (AvgIpc) is 2.36. The number of hydroxylamine groups is 2. The molecule has 0 amide bonds. The largest absolute Gasteiger partial charge is 0.278 e. The van der Waals surface area contributed by atoms with Crippen LogP contribution >= 0.6 is 0 Å². The highest BCUT2D eigenvalue weighted by molar-refractivity contribution is 4.47. The lowest BCUT2D eigenvalue weighted by Gasteiger charge is -2.15. The van der Waals surface area contributed by atoms with Crippen molar-refractivity contribution in [2.24, 2.45) is 0 Å². The first kappa shape index (κ1) is 16.9. The van der Waals surface area contributed by atoms with Gasteiger partial charge in [-0.3, -0.25) is 9.68 Å². The molecule has 104 valence electrons. The molecule has 17 heavy (non-hydrogen) atoms. The number of nitrogens with zero attached hydrogens (tertiary/aromatic N) is 1. The zero-order valence-corrected chi connectivity index (χ0v) is 12.0. The summed E-state index contributed by atoms with van der Waals surface area (Å²) < 4.78 is 0. The van der Waals surface area contributed by atoms with Gasteiger partial charge in [0.05, 0.1) is 20.8 Å². The molecule has 0 aliphatic carbocycles. The Morgan fingerprint density at radius 1 is 0.647 bits per heavy atom. The van der Waals surface area contributed by atoms with E-state index in [9.17, 15) is 0 Å². The van der Waals surface area contributed by atoms with Gasteiger partial charge in [-0.2, -0.15) is 0 Å². The molecule has 0 fully saturated rings. The predicted molar refractivity (Wildman–Crippen MR) is 72.6 cm³/mol. The topological polar surface area (TPSA) is 21.7 Å². The molecule has 0 spiro atoms. The van der Waals surface area contributed by atoms with E-state index >= 15 is 0 Å². The molecule has 0 aliphatic rings. The lowest BCUT2D eigenvalue weighted by atomic mass is 10.1. The van der Waals surface area contributed by atoms with Gasteiger partial charge in [0.25, 0.3) is 0 Å². The fraction of sp³-hybridized carbons (Fsp3) is 1.00. The SMILES string of the molecule is CCCCCCCCCCCCN(OC)OC. The molecule has 3 heteroatoms.